The summed E-state index contributed by atoms with van der Waals surface area (Å²) >= 11 is 6.17. The Balaban J connectivity index is 1.52. The van der Waals surface area contributed by atoms with Crippen LogP contribution in [0.1, 0.15) is 26.0 Å². The molecule has 2 aromatic carbocycles. The van der Waals surface area contributed by atoms with E-state index in [0.717, 1.165) is 72.2 Å². The lowest BCUT2D eigenvalue weighted by atomic mass is 10.1. The molecule has 5 rings (SSSR count). The maximum absolute atomic E-state index is 12.1. The number of piperazine rings is 1. The summed E-state index contributed by atoms with van der Waals surface area (Å²) in [4.78, 5) is 21.5. The molecule has 0 radical (unpaired) electrons. The number of benzene rings is 2. The Morgan fingerprint density at radius 2 is 1.69 bits per heavy atom. The fourth-order valence-corrected chi connectivity index (χ4v) is 4.90. The van der Waals surface area contributed by atoms with Gasteiger partial charge in [0.05, 0.1) is 18.0 Å². The molecule has 0 N–H and O–H groups in total. The lowest BCUT2D eigenvalue weighted by Crippen LogP contribution is -2.48. The monoisotopic (exact) mass is 502 g/mol. The largest absolute Gasteiger partial charge is 0.494 e. The smallest absolute Gasteiger partial charge is 0.222 e. The average Bonchev–Trinajstić information content (AvgIpc) is 3.27. The Morgan fingerprint density at radius 3 is 2.42 bits per heavy atom. The van der Waals surface area contributed by atoms with Crippen LogP contribution in [0.3, 0.4) is 0 Å². The molecule has 0 saturated carbocycles. The zero-order chi connectivity index (χ0) is 25.1. The number of ether oxygens (including phenoxy) is 1. The van der Waals surface area contributed by atoms with Gasteiger partial charge in [-0.05, 0) is 54.4 Å². The number of aromatic nitrogens is 2. The first-order chi connectivity index (χ1) is 17.6. The summed E-state index contributed by atoms with van der Waals surface area (Å²) in [6, 6.07) is 20.2. The highest BCUT2D eigenvalue weighted by atomic mass is 35.5. The van der Waals surface area contributed by atoms with Crippen LogP contribution in [-0.2, 0) is 11.3 Å². The van der Waals surface area contributed by atoms with Gasteiger partial charge >= 0.3 is 0 Å². The van der Waals surface area contributed by atoms with E-state index in [4.69, 9.17) is 21.3 Å². The third-order valence-electron chi connectivity index (χ3n) is 6.71. The minimum Gasteiger partial charge on any atom is -0.494 e. The van der Waals surface area contributed by atoms with Crippen LogP contribution in [-0.4, -0.2) is 57.9 Å². The highest BCUT2D eigenvalue weighted by molar-refractivity contribution is 6.30. The molecule has 0 atom stereocenters. The van der Waals surface area contributed by atoms with E-state index in [2.05, 4.69) is 39.8 Å². The quantitative estimate of drug-likeness (QED) is 0.321. The van der Waals surface area contributed by atoms with Crippen LogP contribution in [0.2, 0.25) is 5.02 Å². The maximum atomic E-state index is 12.1. The van der Waals surface area contributed by atoms with E-state index in [9.17, 15) is 4.79 Å². The van der Waals surface area contributed by atoms with E-state index < -0.39 is 0 Å². The molecule has 1 aliphatic rings. The maximum Gasteiger partial charge on any atom is 0.222 e. The van der Waals surface area contributed by atoms with E-state index in [1.54, 1.807) is 0 Å². The van der Waals surface area contributed by atoms with Crippen molar-refractivity contribution in [2.24, 2.45) is 0 Å². The van der Waals surface area contributed by atoms with Gasteiger partial charge in [-0.25, -0.2) is 4.98 Å². The third kappa shape index (κ3) is 5.11. The van der Waals surface area contributed by atoms with Crippen molar-refractivity contribution in [3.63, 3.8) is 0 Å². The number of rotatable bonds is 7. The Morgan fingerprint density at radius 1 is 0.944 bits per heavy atom. The molecule has 36 heavy (non-hydrogen) atoms. The van der Waals surface area contributed by atoms with Gasteiger partial charge in [0, 0.05) is 55.9 Å². The number of carbonyl (C=O) groups is 1. The van der Waals surface area contributed by atoms with E-state index in [-0.39, 0.29) is 5.91 Å². The summed E-state index contributed by atoms with van der Waals surface area (Å²) in [7, 11) is 0. The molecule has 186 valence electrons. The number of pyridine rings is 1. The topological polar surface area (TPSA) is 50.1 Å². The molecule has 1 saturated heterocycles. The predicted octanol–water partition coefficient (Wildman–Crippen LogP) is 5.77. The normalized spacial score (nSPS) is 14.4. The number of fused-ring (bicyclic) bond motifs is 1. The Hall–Kier alpha value is -3.35. The summed E-state index contributed by atoms with van der Waals surface area (Å²) < 4.78 is 7.92. The molecular weight excluding hydrogens is 472 g/mol. The van der Waals surface area contributed by atoms with Gasteiger partial charge in [0.15, 0.2) is 0 Å². The van der Waals surface area contributed by atoms with Gasteiger partial charge in [-0.1, -0.05) is 42.8 Å². The van der Waals surface area contributed by atoms with E-state index >= 15 is 0 Å². The minimum absolute atomic E-state index is 0.227. The van der Waals surface area contributed by atoms with Gasteiger partial charge in [-0.3, -0.25) is 9.69 Å². The van der Waals surface area contributed by atoms with Crippen LogP contribution in [0.4, 0.5) is 0 Å². The highest BCUT2D eigenvalue weighted by Gasteiger charge is 2.23. The van der Waals surface area contributed by atoms with Crippen LogP contribution < -0.4 is 4.74 Å². The minimum atomic E-state index is 0.227. The number of nitrogens with zero attached hydrogens (tertiary/aromatic N) is 4. The zero-order valence-corrected chi connectivity index (χ0v) is 21.5. The second-order valence-electron chi connectivity index (χ2n) is 9.03. The van der Waals surface area contributed by atoms with Gasteiger partial charge in [-0.2, -0.15) is 0 Å². The number of hydrogen-bond donors (Lipinski definition) is 0. The van der Waals surface area contributed by atoms with Gasteiger partial charge in [0.25, 0.3) is 0 Å². The zero-order valence-electron chi connectivity index (χ0n) is 20.8. The summed E-state index contributed by atoms with van der Waals surface area (Å²) in [6.07, 6.45) is 2.72. The van der Waals surface area contributed by atoms with Crippen molar-refractivity contribution < 1.29 is 9.53 Å². The molecule has 1 amide bonds. The second-order valence-corrected chi connectivity index (χ2v) is 9.47. The summed E-state index contributed by atoms with van der Waals surface area (Å²) in [5, 5.41) is 0.706. The molecule has 4 aromatic rings. The Bertz CT molecular complexity index is 1360. The van der Waals surface area contributed by atoms with Crippen LogP contribution in [0.15, 0.2) is 66.9 Å². The Labute approximate surface area is 217 Å². The van der Waals surface area contributed by atoms with Crippen LogP contribution in [0, 0.1) is 0 Å². The molecule has 6 nitrogen and oxygen atoms in total. The van der Waals surface area contributed by atoms with Crippen LogP contribution in [0.5, 0.6) is 5.75 Å². The van der Waals surface area contributed by atoms with Crippen molar-refractivity contribution >= 4 is 23.2 Å². The number of carbonyl (C=O) groups excluding carboxylic acids is 1. The van der Waals surface area contributed by atoms with E-state index in [1.807, 2.05) is 55.1 Å². The first-order valence-corrected chi connectivity index (χ1v) is 12.9. The molecule has 0 unspecified atom stereocenters. The van der Waals surface area contributed by atoms with Crippen molar-refractivity contribution in [2.75, 3.05) is 32.8 Å². The number of amides is 1. The lowest BCUT2D eigenvalue weighted by Gasteiger charge is -2.34. The van der Waals surface area contributed by atoms with Gasteiger partial charge in [0.1, 0.15) is 11.4 Å². The predicted molar refractivity (Wildman–Crippen MR) is 144 cm³/mol. The van der Waals surface area contributed by atoms with Crippen molar-refractivity contribution in [1.29, 1.82) is 0 Å². The summed E-state index contributed by atoms with van der Waals surface area (Å²) in [6.45, 7) is 8.50. The van der Waals surface area contributed by atoms with Crippen LogP contribution in [0.25, 0.3) is 28.0 Å². The molecule has 2 aromatic heterocycles. The molecule has 7 heteroatoms. The van der Waals surface area contributed by atoms with Crippen molar-refractivity contribution in [2.45, 2.75) is 26.8 Å². The fraction of sp³-hybridized carbons (Fsp3) is 0.310. The molecule has 3 heterocycles. The SMILES string of the molecule is CCOc1cccc(-c2ccc3nc(-c4ccc(Cl)cc4)c(CN4CCN(C(=O)CC)CC4)n3c2)c1. The average molecular weight is 503 g/mol. The van der Waals surface area contributed by atoms with Crippen molar-refractivity contribution in [1.82, 2.24) is 19.2 Å². The Kier molecular flexibility index (Phi) is 7.25. The van der Waals surface area contributed by atoms with Gasteiger partial charge in [-0.15, -0.1) is 0 Å². The summed E-state index contributed by atoms with van der Waals surface area (Å²) in [5.41, 5.74) is 6.23. The highest BCUT2D eigenvalue weighted by Crippen LogP contribution is 2.30. The number of halogens is 1. The lowest BCUT2D eigenvalue weighted by molar-refractivity contribution is -0.132. The van der Waals surface area contributed by atoms with Crippen molar-refractivity contribution in [3.05, 3.63) is 77.6 Å². The molecule has 0 spiro atoms. The standard InChI is InChI=1S/C29H31ClN4O2/c1-3-28(35)33-16-14-32(15-17-33)20-26-29(21-8-11-24(30)12-9-21)31-27-13-10-23(19-34(26)27)22-6-5-7-25(18-22)36-4-2/h5-13,18-19H,3-4,14-17,20H2,1-2H3. The molecule has 0 aliphatic carbocycles. The van der Waals surface area contributed by atoms with Crippen LogP contribution >= 0.6 is 11.6 Å². The molecular formula is C29H31ClN4O2. The number of hydrogen-bond acceptors (Lipinski definition) is 4. The first-order valence-electron chi connectivity index (χ1n) is 12.6. The fourth-order valence-electron chi connectivity index (χ4n) is 4.78. The number of imidazole rings is 1. The van der Waals surface area contributed by atoms with E-state index in [1.165, 1.54) is 0 Å². The third-order valence-corrected chi connectivity index (χ3v) is 6.97. The van der Waals surface area contributed by atoms with Crippen molar-refractivity contribution in [3.8, 4) is 28.1 Å². The first kappa shape index (κ1) is 24.3. The second kappa shape index (κ2) is 10.7. The van der Waals surface area contributed by atoms with Gasteiger partial charge in [0.2, 0.25) is 5.91 Å². The molecule has 0 bridgehead atoms. The molecule has 1 aliphatic heterocycles. The summed E-state index contributed by atoms with van der Waals surface area (Å²) in [5.74, 6) is 1.09. The van der Waals surface area contributed by atoms with E-state index in [0.29, 0.717) is 18.1 Å². The molecule has 1 fully saturated rings. The van der Waals surface area contributed by atoms with Gasteiger partial charge < -0.3 is 14.0 Å².